The number of hydrogen-bond donors (Lipinski definition) is 1. The van der Waals surface area contributed by atoms with Crippen molar-refractivity contribution in [2.75, 3.05) is 39.3 Å². The number of para-hydroxylation sites is 1. The number of ether oxygens (including phenoxy) is 2. The summed E-state index contributed by atoms with van der Waals surface area (Å²) < 4.78 is 16.6. The molecule has 218 valence electrons. The largest absolute Gasteiger partial charge is 0.493 e. The van der Waals surface area contributed by atoms with Gasteiger partial charge < -0.3 is 23.9 Å². The maximum Gasteiger partial charge on any atom is 0.305 e. The molecule has 0 radical (unpaired) electrons. The molecule has 0 bridgehead atoms. The SMILES string of the molecule is COc1cccc(CCN(CCC(=O)O)C(=O)c2ccccc2-c2ccccc2C(=O)N(C)c2ccc(C)o2)c1OC. The van der Waals surface area contributed by atoms with Gasteiger partial charge in [-0.1, -0.05) is 48.5 Å². The molecule has 0 saturated carbocycles. The summed E-state index contributed by atoms with van der Waals surface area (Å²) >= 11 is 0. The number of carboxylic acid groups (broad SMARTS) is 1. The van der Waals surface area contributed by atoms with E-state index in [0.717, 1.165) is 5.56 Å². The first-order chi connectivity index (χ1) is 20.2. The lowest BCUT2D eigenvalue weighted by atomic mass is 9.94. The van der Waals surface area contributed by atoms with E-state index in [1.807, 2.05) is 18.2 Å². The predicted octanol–water partition coefficient (Wildman–Crippen LogP) is 5.71. The monoisotopic (exact) mass is 570 g/mol. The average Bonchev–Trinajstić information content (AvgIpc) is 3.45. The molecule has 1 N–H and O–H groups in total. The Morgan fingerprint density at radius 3 is 2.00 bits per heavy atom. The van der Waals surface area contributed by atoms with Gasteiger partial charge in [-0.2, -0.15) is 0 Å². The zero-order valence-corrected chi connectivity index (χ0v) is 24.1. The van der Waals surface area contributed by atoms with E-state index in [-0.39, 0.29) is 31.3 Å². The van der Waals surface area contributed by atoms with Crippen LogP contribution in [0.2, 0.25) is 0 Å². The topological polar surface area (TPSA) is 110 Å². The third-order valence-corrected chi connectivity index (χ3v) is 6.98. The first-order valence-electron chi connectivity index (χ1n) is 13.5. The van der Waals surface area contributed by atoms with Gasteiger partial charge in [0.15, 0.2) is 11.5 Å². The summed E-state index contributed by atoms with van der Waals surface area (Å²) in [5.41, 5.74) is 2.72. The molecule has 1 heterocycles. The smallest absolute Gasteiger partial charge is 0.305 e. The van der Waals surface area contributed by atoms with Gasteiger partial charge in [0.1, 0.15) is 5.76 Å². The van der Waals surface area contributed by atoms with Crippen LogP contribution in [0.5, 0.6) is 11.5 Å². The normalized spacial score (nSPS) is 10.7. The van der Waals surface area contributed by atoms with Crippen molar-refractivity contribution in [3.8, 4) is 22.6 Å². The molecule has 0 aliphatic heterocycles. The highest BCUT2D eigenvalue weighted by Gasteiger charge is 2.25. The van der Waals surface area contributed by atoms with Crippen molar-refractivity contribution >= 4 is 23.7 Å². The van der Waals surface area contributed by atoms with Crippen LogP contribution in [-0.4, -0.2) is 62.1 Å². The molecule has 9 nitrogen and oxygen atoms in total. The van der Waals surface area contributed by atoms with Crippen LogP contribution in [0.15, 0.2) is 83.3 Å². The molecule has 0 unspecified atom stereocenters. The van der Waals surface area contributed by atoms with E-state index in [2.05, 4.69) is 0 Å². The van der Waals surface area contributed by atoms with Crippen LogP contribution in [0.25, 0.3) is 11.1 Å². The zero-order valence-electron chi connectivity index (χ0n) is 24.1. The summed E-state index contributed by atoms with van der Waals surface area (Å²) in [6.07, 6.45) is 0.196. The van der Waals surface area contributed by atoms with E-state index in [0.29, 0.717) is 51.8 Å². The molecule has 4 rings (SSSR count). The number of methoxy groups -OCH3 is 2. The van der Waals surface area contributed by atoms with Crippen LogP contribution in [0.3, 0.4) is 0 Å². The van der Waals surface area contributed by atoms with Crippen molar-refractivity contribution in [3.05, 3.63) is 101 Å². The molecule has 0 spiro atoms. The molecule has 3 aromatic carbocycles. The van der Waals surface area contributed by atoms with Gasteiger partial charge in [0, 0.05) is 37.3 Å². The molecule has 4 aromatic rings. The summed E-state index contributed by atoms with van der Waals surface area (Å²) in [4.78, 5) is 42.1. The van der Waals surface area contributed by atoms with Gasteiger partial charge in [-0.05, 0) is 54.3 Å². The maximum atomic E-state index is 14.1. The number of hydrogen-bond acceptors (Lipinski definition) is 6. The fourth-order valence-corrected chi connectivity index (χ4v) is 4.81. The number of carbonyl (C=O) groups excluding carboxylic acids is 2. The number of anilines is 1. The van der Waals surface area contributed by atoms with Crippen LogP contribution in [0, 0.1) is 6.92 Å². The van der Waals surface area contributed by atoms with Gasteiger partial charge in [0.05, 0.1) is 20.6 Å². The Kier molecular flexibility index (Phi) is 9.65. The highest BCUT2D eigenvalue weighted by atomic mass is 16.5. The minimum atomic E-state index is -1.01. The molecular formula is C33H34N2O7. The molecule has 2 amide bonds. The second-order valence-corrected chi connectivity index (χ2v) is 9.68. The van der Waals surface area contributed by atoms with Gasteiger partial charge in [-0.3, -0.25) is 19.3 Å². The molecule has 9 heteroatoms. The van der Waals surface area contributed by atoms with Crippen molar-refractivity contribution in [2.24, 2.45) is 0 Å². The summed E-state index contributed by atoms with van der Waals surface area (Å²) in [5.74, 6) is 0.577. The van der Waals surface area contributed by atoms with Crippen molar-refractivity contribution in [1.82, 2.24) is 4.90 Å². The second-order valence-electron chi connectivity index (χ2n) is 9.68. The summed E-state index contributed by atoms with van der Waals surface area (Å²) in [6.45, 7) is 2.05. The Bertz CT molecular complexity index is 1580. The number of amides is 2. The first kappa shape index (κ1) is 29.9. The second kappa shape index (κ2) is 13.5. The van der Waals surface area contributed by atoms with Crippen molar-refractivity contribution < 1.29 is 33.4 Å². The average molecular weight is 571 g/mol. The van der Waals surface area contributed by atoms with Crippen LogP contribution < -0.4 is 14.4 Å². The standard InChI is InChI=1S/C33H34N2O7/c1-22-16-17-29(42-22)34(2)32(38)26-13-7-5-11-24(26)25-12-6-8-14-27(25)33(39)35(21-19-30(36)37)20-18-23-10-9-15-28(40-3)31(23)41-4/h5-17H,18-21H2,1-4H3,(H,36,37). The zero-order chi connectivity index (χ0) is 30.2. The predicted molar refractivity (Wildman–Crippen MR) is 159 cm³/mol. The van der Waals surface area contributed by atoms with E-state index in [1.165, 1.54) is 9.80 Å². The van der Waals surface area contributed by atoms with Gasteiger partial charge in [-0.25, -0.2) is 0 Å². The molecule has 0 aliphatic rings. The van der Waals surface area contributed by atoms with Crippen molar-refractivity contribution in [2.45, 2.75) is 19.8 Å². The van der Waals surface area contributed by atoms with E-state index >= 15 is 0 Å². The Hall–Kier alpha value is -5.05. The number of carbonyl (C=O) groups is 3. The summed E-state index contributed by atoms with van der Waals surface area (Å²) in [7, 11) is 4.74. The van der Waals surface area contributed by atoms with E-state index in [9.17, 15) is 19.5 Å². The Morgan fingerprint density at radius 1 is 0.786 bits per heavy atom. The Labute approximate surface area is 244 Å². The quantitative estimate of drug-likeness (QED) is 0.232. The van der Waals surface area contributed by atoms with E-state index < -0.39 is 5.97 Å². The van der Waals surface area contributed by atoms with E-state index in [4.69, 9.17) is 13.9 Å². The van der Waals surface area contributed by atoms with E-state index in [1.54, 1.807) is 88.9 Å². The molecule has 42 heavy (non-hydrogen) atoms. The van der Waals surface area contributed by atoms with Crippen LogP contribution in [0.1, 0.15) is 38.5 Å². The van der Waals surface area contributed by atoms with Gasteiger partial charge in [0.25, 0.3) is 11.8 Å². The molecule has 0 fully saturated rings. The number of rotatable bonds is 12. The molecular weight excluding hydrogens is 536 g/mol. The van der Waals surface area contributed by atoms with Gasteiger partial charge >= 0.3 is 5.97 Å². The van der Waals surface area contributed by atoms with Gasteiger partial charge in [-0.15, -0.1) is 0 Å². The minimum absolute atomic E-state index is 0.00987. The van der Waals surface area contributed by atoms with Crippen LogP contribution >= 0.6 is 0 Å². The molecule has 0 aliphatic carbocycles. The third kappa shape index (κ3) is 6.63. The summed E-state index contributed by atoms with van der Waals surface area (Å²) in [6, 6.07) is 23.1. The summed E-state index contributed by atoms with van der Waals surface area (Å²) in [5, 5.41) is 9.40. The number of aliphatic carboxylic acids is 1. The first-order valence-corrected chi connectivity index (χ1v) is 13.5. The minimum Gasteiger partial charge on any atom is -0.493 e. The maximum absolute atomic E-state index is 14.1. The number of aryl methyl sites for hydroxylation is 1. The fraction of sp³-hybridized carbons (Fsp3) is 0.242. The van der Waals surface area contributed by atoms with Crippen molar-refractivity contribution in [3.63, 3.8) is 0 Å². The highest BCUT2D eigenvalue weighted by Crippen LogP contribution is 2.32. The van der Waals surface area contributed by atoms with Gasteiger partial charge in [0.2, 0.25) is 5.88 Å². The Morgan fingerprint density at radius 2 is 1.43 bits per heavy atom. The number of nitrogens with zero attached hydrogens (tertiary/aromatic N) is 2. The fourth-order valence-electron chi connectivity index (χ4n) is 4.81. The molecule has 0 saturated heterocycles. The van der Waals surface area contributed by atoms with Crippen LogP contribution in [0.4, 0.5) is 5.88 Å². The Balaban J connectivity index is 1.68. The lowest BCUT2D eigenvalue weighted by Gasteiger charge is -2.25. The van der Waals surface area contributed by atoms with Crippen molar-refractivity contribution in [1.29, 1.82) is 0 Å². The lowest BCUT2D eigenvalue weighted by molar-refractivity contribution is -0.137. The lowest BCUT2D eigenvalue weighted by Crippen LogP contribution is -2.35. The number of furan rings is 1. The molecule has 0 atom stereocenters. The molecule has 1 aromatic heterocycles. The number of carboxylic acids is 1. The van der Waals surface area contributed by atoms with Crippen LogP contribution in [-0.2, 0) is 11.2 Å². The number of benzene rings is 3. The third-order valence-electron chi connectivity index (χ3n) is 6.98. The highest BCUT2D eigenvalue weighted by molar-refractivity contribution is 6.11.